The Morgan fingerprint density at radius 1 is 1.71 bits per heavy atom. The van der Waals surface area contributed by atoms with Crippen LogP contribution in [-0.2, 0) is 11.2 Å². The van der Waals surface area contributed by atoms with Crippen LogP contribution in [0, 0.1) is 6.92 Å². The van der Waals surface area contributed by atoms with Crippen LogP contribution in [0.4, 0.5) is 0 Å². The second kappa shape index (κ2) is 3.09. The summed E-state index contributed by atoms with van der Waals surface area (Å²) in [4.78, 5) is 20.2. The molecule has 0 aromatic carbocycles. The van der Waals surface area contributed by atoms with Crippen LogP contribution in [0.25, 0.3) is 0 Å². The first-order valence-electron chi connectivity index (χ1n) is 4.58. The summed E-state index contributed by atoms with van der Waals surface area (Å²) in [5.41, 5.74) is 1.64. The van der Waals surface area contributed by atoms with Crippen LogP contribution >= 0.6 is 0 Å². The molecule has 1 aliphatic rings. The van der Waals surface area contributed by atoms with Gasteiger partial charge in [-0.2, -0.15) is 0 Å². The lowest BCUT2D eigenvalue weighted by Crippen LogP contribution is -2.36. The molecular weight excluding hydrogens is 182 g/mol. The van der Waals surface area contributed by atoms with Crippen LogP contribution < -0.4 is 0 Å². The fourth-order valence-corrected chi connectivity index (χ4v) is 1.91. The standard InChI is InChI=1S/C9H13N3O2/c1-5-10-6-3-4-12(2)8(9(13)14)7(6)11-5/h8H,3-4H2,1-2H3,(H,10,11)(H,13,14). The lowest BCUT2D eigenvalue weighted by atomic mass is 10.0. The van der Waals surface area contributed by atoms with Gasteiger partial charge in [-0.15, -0.1) is 0 Å². The van der Waals surface area contributed by atoms with Gasteiger partial charge >= 0.3 is 5.97 Å². The molecule has 0 amide bonds. The van der Waals surface area contributed by atoms with E-state index in [0.29, 0.717) is 5.69 Å². The van der Waals surface area contributed by atoms with E-state index in [1.54, 1.807) is 0 Å². The fraction of sp³-hybridized carbons (Fsp3) is 0.556. The molecule has 0 saturated heterocycles. The molecule has 1 aromatic rings. The number of fused-ring (bicyclic) bond motifs is 1. The van der Waals surface area contributed by atoms with Crippen molar-refractivity contribution >= 4 is 5.97 Å². The van der Waals surface area contributed by atoms with Crippen LogP contribution in [0.15, 0.2) is 0 Å². The van der Waals surface area contributed by atoms with Crippen molar-refractivity contribution in [1.82, 2.24) is 14.9 Å². The Morgan fingerprint density at radius 2 is 2.43 bits per heavy atom. The van der Waals surface area contributed by atoms with E-state index in [2.05, 4.69) is 9.97 Å². The van der Waals surface area contributed by atoms with E-state index in [4.69, 9.17) is 5.11 Å². The number of nitrogens with zero attached hydrogens (tertiary/aromatic N) is 2. The molecule has 2 N–H and O–H groups in total. The van der Waals surface area contributed by atoms with E-state index in [9.17, 15) is 4.79 Å². The number of nitrogens with one attached hydrogen (secondary N) is 1. The summed E-state index contributed by atoms with van der Waals surface area (Å²) in [6.45, 7) is 2.60. The van der Waals surface area contributed by atoms with Crippen molar-refractivity contribution in [2.45, 2.75) is 19.4 Å². The molecule has 2 rings (SSSR count). The molecule has 1 atom stereocenters. The first-order valence-corrected chi connectivity index (χ1v) is 4.58. The van der Waals surface area contributed by atoms with Gasteiger partial charge < -0.3 is 10.1 Å². The molecule has 0 aliphatic carbocycles. The lowest BCUT2D eigenvalue weighted by molar-refractivity contribution is -0.143. The summed E-state index contributed by atoms with van der Waals surface area (Å²) in [6, 6.07) is -0.594. The smallest absolute Gasteiger partial charge is 0.327 e. The van der Waals surface area contributed by atoms with E-state index < -0.39 is 12.0 Å². The average molecular weight is 195 g/mol. The number of aromatic nitrogens is 2. The van der Waals surface area contributed by atoms with Crippen molar-refractivity contribution in [3.63, 3.8) is 0 Å². The van der Waals surface area contributed by atoms with Crippen LogP contribution in [-0.4, -0.2) is 39.5 Å². The summed E-state index contributed by atoms with van der Waals surface area (Å²) >= 11 is 0. The van der Waals surface area contributed by atoms with Crippen LogP contribution in [0.2, 0.25) is 0 Å². The highest BCUT2D eigenvalue weighted by atomic mass is 16.4. The van der Waals surface area contributed by atoms with Crippen molar-refractivity contribution in [2.75, 3.05) is 13.6 Å². The van der Waals surface area contributed by atoms with Gasteiger partial charge in [-0.05, 0) is 14.0 Å². The predicted octanol–water partition coefficient (Wildman–Crippen LogP) is 0.332. The van der Waals surface area contributed by atoms with Crippen molar-refractivity contribution in [1.29, 1.82) is 0 Å². The van der Waals surface area contributed by atoms with Gasteiger partial charge in [-0.1, -0.05) is 0 Å². The van der Waals surface area contributed by atoms with E-state index in [-0.39, 0.29) is 0 Å². The molecule has 5 nitrogen and oxygen atoms in total. The van der Waals surface area contributed by atoms with Crippen LogP contribution in [0.3, 0.4) is 0 Å². The largest absolute Gasteiger partial charge is 0.480 e. The summed E-state index contributed by atoms with van der Waals surface area (Å²) in [5.74, 6) is -0.0449. The zero-order chi connectivity index (χ0) is 10.3. The Balaban J connectivity index is 2.45. The second-order valence-electron chi connectivity index (χ2n) is 3.66. The van der Waals surface area contributed by atoms with Crippen molar-refractivity contribution in [3.8, 4) is 0 Å². The molecule has 5 heteroatoms. The molecule has 0 fully saturated rings. The molecule has 1 aromatic heterocycles. The summed E-state index contributed by atoms with van der Waals surface area (Å²) in [7, 11) is 1.81. The fourth-order valence-electron chi connectivity index (χ4n) is 1.91. The lowest BCUT2D eigenvalue weighted by Gasteiger charge is -2.28. The molecule has 0 spiro atoms. The number of aliphatic carboxylic acids is 1. The molecular formula is C9H13N3O2. The predicted molar refractivity (Wildman–Crippen MR) is 50.0 cm³/mol. The minimum atomic E-state index is -0.833. The van der Waals surface area contributed by atoms with E-state index in [1.807, 2.05) is 18.9 Å². The number of hydrogen-bond acceptors (Lipinski definition) is 3. The minimum absolute atomic E-state index is 0.594. The molecule has 0 bridgehead atoms. The molecule has 0 radical (unpaired) electrons. The Hall–Kier alpha value is -1.36. The summed E-state index contributed by atoms with van der Waals surface area (Å²) < 4.78 is 0. The third-order valence-corrected chi connectivity index (χ3v) is 2.58. The third kappa shape index (κ3) is 1.29. The van der Waals surface area contributed by atoms with Gasteiger partial charge in [0.15, 0.2) is 6.04 Å². The number of rotatable bonds is 1. The van der Waals surface area contributed by atoms with Gasteiger partial charge in [-0.25, -0.2) is 4.98 Å². The molecule has 0 saturated carbocycles. The summed E-state index contributed by atoms with van der Waals surface area (Å²) in [6.07, 6.45) is 0.844. The molecule has 1 aliphatic heterocycles. The number of aryl methyl sites for hydroxylation is 1. The van der Waals surface area contributed by atoms with Gasteiger partial charge in [0.2, 0.25) is 0 Å². The minimum Gasteiger partial charge on any atom is -0.480 e. The normalized spacial score (nSPS) is 22.0. The SMILES string of the molecule is Cc1nc2c([nH]1)CCN(C)C2C(=O)O. The molecule has 14 heavy (non-hydrogen) atoms. The second-order valence-corrected chi connectivity index (χ2v) is 3.66. The maximum Gasteiger partial charge on any atom is 0.327 e. The molecule has 1 unspecified atom stereocenters. The van der Waals surface area contributed by atoms with Gasteiger partial charge in [0.05, 0.1) is 5.69 Å². The van der Waals surface area contributed by atoms with Gasteiger partial charge in [0.1, 0.15) is 5.82 Å². The highest BCUT2D eigenvalue weighted by Gasteiger charge is 2.33. The van der Waals surface area contributed by atoms with E-state index in [0.717, 1.165) is 24.5 Å². The Morgan fingerprint density at radius 3 is 3.07 bits per heavy atom. The average Bonchev–Trinajstić information content (AvgIpc) is 2.43. The number of imidazole rings is 1. The van der Waals surface area contributed by atoms with Crippen LogP contribution in [0.5, 0.6) is 0 Å². The zero-order valence-electron chi connectivity index (χ0n) is 8.24. The van der Waals surface area contributed by atoms with E-state index in [1.165, 1.54) is 0 Å². The van der Waals surface area contributed by atoms with Crippen molar-refractivity contribution < 1.29 is 9.90 Å². The van der Waals surface area contributed by atoms with Gasteiger partial charge in [0, 0.05) is 18.7 Å². The quantitative estimate of drug-likeness (QED) is 0.677. The number of hydrogen-bond donors (Lipinski definition) is 2. The number of carbonyl (C=O) groups is 1. The Kier molecular flexibility index (Phi) is 2.03. The Labute approximate surface area is 81.8 Å². The summed E-state index contributed by atoms with van der Waals surface area (Å²) in [5, 5.41) is 9.07. The zero-order valence-corrected chi connectivity index (χ0v) is 8.24. The van der Waals surface area contributed by atoms with Crippen LogP contribution in [0.1, 0.15) is 23.3 Å². The van der Waals surface area contributed by atoms with Gasteiger partial charge in [0.25, 0.3) is 0 Å². The van der Waals surface area contributed by atoms with E-state index >= 15 is 0 Å². The third-order valence-electron chi connectivity index (χ3n) is 2.58. The highest BCUT2D eigenvalue weighted by Crippen LogP contribution is 2.26. The first-order chi connectivity index (χ1) is 6.59. The Bertz CT molecular complexity index is 372. The van der Waals surface area contributed by atoms with Gasteiger partial charge in [-0.3, -0.25) is 9.69 Å². The molecule has 2 heterocycles. The number of aromatic amines is 1. The maximum absolute atomic E-state index is 11.0. The monoisotopic (exact) mass is 195 g/mol. The highest BCUT2D eigenvalue weighted by molar-refractivity contribution is 5.75. The number of likely N-dealkylation sites (N-methyl/N-ethyl adjacent to an activating group) is 1. The van der Waals surface area contributed by atoms with Crippen molar-refractivity contribution in [2.24, 2.45) is 0 Å². The maximum atomic E-state index is 11.0. The topological polar surface area (TPSA) is 69.2 Å². The number of H-pyrrole nitrogens is 1. The number of carboxylic acid groups (broad SMARTS) is 1. The van der Waals surface area contributed by atoms with Crippen molar-refractivity contribution in [3.05, 3.63) is 17.2 Å². The first kappa shape index (κ1) is 9.21. The number of carboxylic acids is 1. The molecule has 76 valence electrons.